The van der Waals surface area contributed by atoms with Crippen molar-refractivity contribution in [2.45, 2.75) is 32.9 Å². The van der Waals surface area contributed by atoms with Crippen molar-refractivity contribution in [2.75, 3.05) is 12.3 Å². The number of allylic oxidation sites excluding steroid dienone is 3. The summed E-state index contributed by atoms with van der Waals surface area (Å²) in [7, 11) is 0. The van der Waals surface area contributed by atoms with E-state index in [4.69, 9.17) is 10.7 Å². The first-order valence-electron chi connectivity index (χ1n) is 10.3. The van der Waals surface area contributed by atoms with E-state index in [0.717, 1.165) is 35.4 Å². The number of nitrogens with zero attached hydrogens (tertiary/aromatic N) is 1. The van der Waals surface area contributed by atoms with Crippen LogP contribution in [-0.4, -0.2) is 18.4 Å². The number of nitrogens with one attached hydrogen (secondary N) is 2. The van der Waals surface area contributed by atoms with Crippen LogP contribution in [-0.2, 0) is 6.54 Å². The largest absolute Gasteiger partial charge is 0.398 e. The minimum atomic E-state index is -0.261. The number of hydrogen-bond acceptors (Lipinski definition) is 3. The number of anilines is 1. The molecule has 0 aliphatic heterocycles. The number of aliphatic imine (C=N–C) groups is 1. The molecule has 0 aromatic heterocycles. The van der Waals surface area contributed by atoms with Crippen LogP contribution in [0.1, 0.15) is 31.4 Å². The van der Waals surface area contributed by atoms with Gasteiger partial charge in [-0.2, -0.15) is 0 Å². The maximum Gasteiger partial charge on any atom is 0.134 e. The van der Waals surface area contributed by atoms with Crippen LogP contribution < -0.4 is 16.4 Å². The summed E-state index contributed by atoms with van der Waals surface area (Å²) in [6.45, 7) is 5.41. The van der Waals surface area contributed by atoms with Crippen molar-refractivity contribution in [1.29, 1.82) is 0 Å². The van der Waals surface area contributed by atoms with Gasteiger partial charge in [0.05, 0.1) is 12.6 Å². The third kappa shape index (κ3) is 5.67. The first-order valence-corrected chi connectivity index (χ1v) is 10.3. The smallest absolute Gasteiger partial charge is 0.134 e. The lowest BCUT2D eigenvalue weighted by Crippen LogP contribution is -2.34. The molecule has 30 heavy (non-hydrogen) atoms. The van der Waals surface area contributed by atoms with Gasteiger partial charge >= 0.3 is 0 Å². The third-order valence-electron chi connectivity index (χ3n) is 4.91. The monoisotopic (exact) mass is 404 g/mol. The van der Waals surface area contributed by atoms with E-state index in [9.17, 15) is 4.39 Å². The molecule has 0 spiro atoms. The molecule has 4 nitrogen and oxygen atoms in total. The Balaban J connectivity index is 1.94. The van der Waals surface area contributed by atoms with Crippen molar-refractivity contribution in [3.63, 3.8) is 0 Å². The summed E-state index contributed by atoms with van der Waals surface area (Å²) < 4.78 is 14.0. The fourth-order valence-electron chi connectivity index (χ4n) is 3.31. The molecule has 0 saturated heterocycles. The van der Waals surface area contributed by atoms with E-state index in [1.807, 2.05) is 67.6 Å². The second kappa shape index (κ2) is 10.6. The van der Waals surface area contributed by atoms with E-state index in [-0.39, 0.29) is 11.9 Å². The second-order valence-corrected chi connectivity index (χ2v) is 7.26. The van der Waals surface area contributed by atoms with Gasteiger partial charge in [-0.1, -0.05) is 55.5 Å². The second-order valence-electron chi connectivity index (χ2n) is 7.26. The molecule has 0 saturated carbocycles. The van der Waals surface area contributed by atoms with E-state index in [2.05, 4.69) is 17.6 Å². The Morgan fingerprint density at radius 1 is 1.10 bits per heavy atom. The Morgan fingerprint density at radius 3 is 2.57 bits per heavy atom. The van der Waals surface area contributed by atoms with E-state index in [0.29, 0.717) is 18.1 Å². The topological polar surface area (TPSA) is 62.4 Å². The van der Waals surface area contributed by atoms with Gasteiger partial charge in [-0.15, -0.1) is 0 Å². The minimum absolute atomic E-state index is 0.0551. The molecular weight excluding hydrogens is 375 g/mol. The number of nitrogen functional groups attached to an aromatic ring is 1. The van der Waals surface area contributed by atoms with E-state index >= 15 is 0 Å². The first kappa shape index (κ1) is 21.5. The Labute approximate surface area is 178 Å². The molecule has 1 aliphatic rings. The van der Waals surface area contributed by atoms with Gasteiger partial charge in [0.15, 0.2) is 0 Å². The molecule has 0 heterocycles. The van der Waals surface area contributed by atoms with E-state index in [1.54, 1.807) is 6.08 Å². The Bertz CT molecular complexity index is 974. The summed E-state index contributed by atoms with van der Waals surface area (Å²) in [5.74, 6) is 0.405. The Kier molecular flexibility index (Phi) is 7.57. The van der Waals surface area contributed by atoms with Gasteiger partial charge in [0.25, 0.3) is 0 Å². The molecule has 5 heteroatoms. The average Bonchev–Trinajstić information content (AvgIpc) is 2.77. The number of halogens is 1. The highest BCUT2D eigenvalue weighted by Gasteiger charge is 2.18. The zero-order valence-electron chi connectivity index (χ0n) is 17.5. The van der Waals surface area contributed by atoms with Crippen LogP contribution in [0.4, 0.5) is 10.1 Å². The van der Waals surface area contributed by atoms with Crippen molar-refractivity contribution < 1.29 is 4.39 Å². The molecule has 0 radical (unpaired) electrons. The highest BCUT2D eigenvalue weighted by Crippen LogP contribution is 2.21. The minimum Gasteiger partial charge on any atom is -0.398 e. The van der Waals surface area contributed by atoms with Crippen LogP contribution in [0.25, 0.3) is 0 Å². The third-order valence-corrected chi connectivity index (χ3v) is 4.91. The number of rotatable bonds is 7. The predicted molar refractivity (Wildman–Crippen MR) is 124 cm³/mol. The quantitative estimate of drug-likeness (QED) is 0.350. The number of hydrogen-bond donors (Lipinski definition) is 3. The number of amidine groups is 1. The normalized spacial score (nSPS) is 18.2. The van der Waals surface area contributed by atoms with Crippen LogP contribution in [0.5, 0.6) is 0 Å². The highest BCUT2D eigenvalue weighted by molar-refractivity contribution is 6.04. The van der Waals surface area contributed by atoms with Crippen molar-refractivity contribution in [2.24, 2.45) is 4.99 Å². The molecule has 2 aromatic rings. The zero-order chi connectivity index (χ0) is 21.3. The summed E-state index contributed by atoms with van der Waals surface area (Å²) in [4.78, 5) is 4.80. The molecular formula is C25H29FN4. The summed E-state index contributed by atoms with van der Waals surface area (Å²) in [6, 6.07) is 17.6. The molecule has 156 valence electrons. The summed E-state index contributed by atoms with van der Waals surface area (Å²) in [6.07, 6.45) is 5.92. The maximum atomic E-state index is 14.0. The van der Waals surface area contributed by atoms with Crippen molar-refractivity contribution >= 4 is 11.5 Å². The van der Waals surface area contributed by atoms with Crippen LogP contribution in [0.15, 0.2) is 94.9 Å². The molecule has 0 bridgehead atoms. The number of para-hydroxylation sites is 1. The van der Waals surface area contributed by atoms with Gasteiger partial charge in [-0.3, -0.25) is 4.99 Å². The average molecular weight is 405 g/mol. The van der Waals surface area contributed by atoms with Crippen molar-refractivity contribution in [1.82, 2.24) is 10.6 Å². The van der Waals surface area contributed by atoms with Gasteiger partial charge in [0.1, 0.15) is 11.7 Å². The molecule has 4 N–H and O–H groups in total. The number of benzene rings is 2. The predicted octanol–water partition coefficient (Wildman–Crippen LogP) is 4.87. The maximum absolute atomic E-state index is 14.0. The van der Waals surface area contributed by atoms with Gasteiger partial charge in [-0.25, -0.2) is 4.39 Å². The van der Waals surface area contributed by atoms with Gasteiger partial charge in [-0.05, 0) is 55.3 Å². The molecule has 1 atom stereocenters. The van der Waals surface area contributed by atoms with Crippen LogP contribution in [0.3, 0.4) is 0 Å². The molecule has 0 fully saturated rings. The molecule has 2 aromatic carbocycles. The SMILES string of the molecule is CCCNC1C=CC(F)=C/C1=C(/C)NC(=NCc1ccccc1)c1ccccc1N. The lowest BCUT2D eigenvalue weighted by molar-refractivity contribution is 0.614. The summed E-state index contributed by atoms with van der Waals surface area (Å²) in [5, 5.41) is 6.85. The number of nitrogens with two attached hydrogens (primary N) is 1. The van der Waals surface area contributed by atoms with Crippen LogP contribution in [0.2, 0.25) is 0 Å². The summed E-state index contributed by atoms with van der Waals surface area (Å²) in [5.41, 5.74) is 10.5. The molecule has 1 aliphatic carbocycles. The molecule has 3 rings (SSSR count). The fraction of sp³-hybridized carbons (Fsp3) is 0.240. The van der Waals surface area contributed by atoms with E-state index < -0.39 is 0 Å². The van der Waals surface area contributed by atoms with E-state index in [1.165, 1.54) is 6.08 Å². The van der Waals surface area contributed by atoms with Gasteiger partial charge in [0, 0.05) is 16.9 Å². The van der Waals surface area contributed by atoms with Crippen LogP contribution >= 0.6 is 0 Å². The van der Waals surface area contributed by atoms with Gasteiger partial charge in [0.2, 0.25) is 0 Å². The Morgan fingerprint density at radius 2 is 1.83 bits per heavy atom. The van der Waals surface area contributed by atoms with Gasteiger partial charge < -0.3 is 16.4 Å². The highest BCUT2D eigenvalue weighted by atomic mass is 19.1. The zero-order valence-corrected chi connectivity index (χ0v) is 17.5. The Hall–Kier alpha value is -3.18. The standard InChI is InChI=1S/C25H29FN4/c1-3-15-28-24-14-13-20(26)16-22(24)18(2)30-25(21-11-7-8-12-23(21)27)29-17-19-9-5-4-6-10-19/h4-14,16,24,28H,3,15,17,27H2,1-2H3,(H,29,30)/b22-18+. The van der Waals surface area contributed by atoms with Crippen molar-refractivity contribution in [3.05, 3.63) is 101 Å². The molecule has 1 unspecified atom stereocenters. The first-order chi connectivity index (χ1) is 14.6. The fourth-order valence-corrected chi connectivity index (χ4v) is 3.31. The van der Waals surface area contributed by atoms with Crippen molar-refractivity contribution in [3.8, 4) is 0 Å². The molecule has 0 amide bonds. The lowest BCUT2D eigenvalue weighted by atomic mass is 9.99. The lowest BCUT2D eigenvalue weighted by Gasteiger charge is -2.23. The van der Waals surface area contributed by atoms with Crippen LogP contribution in [0, 0.1) is 0 Å². The summed E-state index contributed by atoms with van der Waals surface area (Å²) >= 11 is 0.